The fourth-order valence-corrected chi connectivity index (χ4v) is 3.40. The van der Waals surface area contributed by atoms with Crippen molar-refractivity contribution in [2.24, 2.45) is 7.05 Å². The first-order chi connectivity index (χ1) is 16.0. The molecular weight excluding hydrogens is 431 g/mol. The third-order valence-electron chi connectivity index (χ3n) is 4.95. The maximum Gasteiger partial charge on any atom is 0.336 e. The van der Waals surface area contributed by atoms with Gasteiger partial charge in [-0.15, -0.1) is 0 Å². The minimum absolute atomic E-state index is 0.0275. The van der Waals surface area contributed by atoms with Gasteiger partial charge in [-0.1, -0.05) is 42.5 Å². The highest BCUT2D eigenvalue weighted by atomic mass is 19.1. The van der Waals surface area contributed by atoms with E-state index in [0.717, 1.165) is 10.1 Å². The first-order valence-corrected chi connectivity index (χ1v) is 10.0. The van der Waals surface area contributed by atoms with E-state index in [1.165, 1.54) is 23.9 Å². The summed E-state index contributed by atoms with van der Waals surface area (Å²) in [5, 5.41) is 9.09. The number of halogens is 1. The maximum atomic E-state index is 13.3. The van der Waals surface area contributed by atoms with Gasteiger partial charge in [0.1, 0.15) is 0 Å². The largest absolute Gasteiger partial charge is 0.459 e. The average molecular weight is 452 g/mol. The molecule has 4 aromatic rings. The van der Waals surface area contributed by atoms with Gasteiger partial charge in [-0.2, -0.15) is 4.98 Å². The van der Waals surface area contributed by atoms with Crippen LogP contribution in [-0.4, -0.2) is 37.3 Å². The molecule has 2 aromatic heterocycles. The molecule has 0 radical (unpaired) electrons. The summed E-state index contributed by atoms with van der Waals surface area (Å²) in [7, 11) is 1.48. The molecule has 170 valence electrons. The lowest BCUT2D eigenvalue weighted by Crippen LogP contribution is -2.37. The Bertz CT molecular complexity index is 1420. The van der Waals surface area contributed by atoms with Crippen molar-refractivity contribution < 1.29 is 19.0 Å². The number of aromatic nitrogens is 4. The van der Waals surface area contributed by atoms with E-state index in [1.807, 2.05) is 30.3 Å². The predicted molar refractivity (Wildman–Crippen MR) is 120 cm³/mol. The zero-order valence-corrected chi connectivity index (χ0v) is 17.7. The predicted octanol–water partition coefficient (Wildman–Crippen LogP) is 2.51. The monoisotopic (exact) mass is 452 g/mol. The highest BCUT2D eigenvalue weighted by molar-refractivity contribution is 5.73. The molecule has 0 atom stereocenters. The van der Waals surface area contributed by atoms with E-state index in [2.05, 4.69) is 4.98 Å². The van der Waals surface area contributed by atoms with Crippen molar-refractivity contribution in [1.29, 1.82) is 0 Å². The van der Waals surface area contributed by atoms with E-state index < -0.39 is 18.1 Å². The minimum atomic E-state index is -1.04. The fraction of sp³-hybridized carbons (Fsp3) is 0.174. The van der Waals surface area contributed by atoms with E-state index in [1.54, 1.807) is 28.8 Å². The highest BCUT2D eigenvalue weighted by Gasteiger charge is 2.22. The van der Waals surface area contributed by atoms with Crippen molar-refractivity contribution in [2.75, 3.05) is 13.5 Å². The smallest absolute Gasteiger partial charge is 0.336 e. The molecule has 0 bridgehead atoms. The number of benzene rings is 2. The molecule has 2 heterocycles. The number of fused-ring (bicyclic) bond motifs is 1. The van der Waals surface area contributed by atoms with Crippen LogP contribution in [-0.2, 0) is 13.6 Å². The molecule has 0 amide bonds. The van der Waals surface area contributed by atoms with Crippen molar-refractivity contribution in [3.8, 4) is 17.5 Å². The number of para-hydroxylation sites is 2. The Labute approximate surface area is 187 Å². The molecule has 9 nitrogen and oxygen atoms in total. The second-order valence-electron chi connectivity index (χ2n) is 7.02. The summed E-state index contributed by atoms with van der Waals surface area (Å²) in [5.41, 5.74) is -0.143. The molecule has 0 aliphatic heterocycles. The molecule has 0 unspecified atom stereocenters. The van der Waals surface area contributed by atoms with Crippen LogP contribution in [0.4, 0.5) is 4.39 Å². The summed E-state index contributed by atoms with van der Waals surface area (Å²) in [4.78, 5) is 30.4. The third-order valence-corrected chi connectivity index (χ3v) is 4.95. The Kier molecular flexibility index (Phi) is 6.36. The summed E-state index contributed by atoms with van der Waals surface area (Å²) in [5.74, 6) is 0.362. The van der Waals surface area contributed by atoms with Crippen LogP contribution in [0.5, 0.6) is 17.5 Å². The number of aliphatic hydroxyl groups is 1. The number of imidazole rings is 1. The van der Waals surface area contributed by atoms with Gasteiger partial charge in [0.15, 0.2) is 22.7 Å². The molecule has 2 aromatic carbocycles. The molecule has 0 aliphatic carbocycles. The summed E-state index contributed by atoms with van der Waals surface area (Å²) in [6.07, 6.45) is 2.50. The Hall–Kier alpha value is -4.18. The van der Waals surface area contributed by atoms with Gasteiger partial charge < -0.3 is 14.6 Å². The van der Waals surface area contributed by atoms with Gasteiger partial charge in [-0.05, 0) is 23.8 Å². The molecule has 10 heteroatoms. The van der Waals surface area contributed by atoms with Crippen LogP contribution >= 0.6 is 0 Å². The number of aryl methyl sites for hydroxylation is 1. The summed E-state index contributed by atoms with van der Waals surface area (Å²) >= 11 is 0. The Morgan fingerprint density at radius 1 is 1.06 bits per heavy atom. The molecule has 0 spiro atoms. The molecule has 0 saturated carbocycles. The van der Waals surface area contributed by atoms with Crippen LogP contribution in [0, 0.1) is 0 Å². The van der Waals surface area contributed by atoms with Crippen LogP contribution < -0.4 is 20.7 Å². The average Bonchev–Trinajstić information content (AvgIpc) is 3.18. The van der Waals surface area contributed by atoms with E-state index >= 15 is 0 Å². The highest BCUT2D eigenvalue weighted by Crippen LogP contribution is 2.32. The van der Waals surface area contributed by atoms with Gasteiger partial charge in [-0.25, -0.2) is 13.8 Å². The van der Waals surface area contributed by atoms with Gasteiger partial charge in [0.2, 0.25) is 6.86 Å². The topological polar surface area (TPSA) is 101 Å². The first kappa shape index (κ1) is 22.0. The molecule has 4 rings (SSSR count). The van der Waals surface area contributed by atoms with Crippen LogP contribution in [0.15, 0.2) is 70.3 Å². The number of ether oxygens (including phenoxy) is 2. The fourth-order valence-electron chi connectivity index (χ4n) is 3.40. The van der Waals surface area contributed by atoms with E-state index in [4.69, 9.17) is 14.6 Å². The quantitative estimate of drug-likeness (QED) is 0.441. The molecule has 0 fully saturated rings. The van der Waals surface area contributed by atoms with Crippen LogP contribution in [0.2, 0.25) is 0 Å². The molecule has 33 heavy (non-hydrogen) atoms. The van der Waals surface area contributed by atoms with Crippen molar-refractivity contribution >= 4 is 17.4 Å². The number of alkyl halides is 1. The van der Waals surface area contributed by atoms with Crippen LogP contribution in [0.25, 0.3) is 17.4 Å². The van der Waals surface area contributed by atoms with Gasteiger partial charge >= 0.3 is 11.7 Å². The summed E-state index contributed by atoms with van der Waals surface area (Å²) in [6, 6.07) is 15.8. The SMILES string of the molecule is Cn1c(=O)n(/C=C/CO)c(=O)c2c1nc(Oc1ccccc1OCF)n2Cc1ccccc1. The van der Waals surface area contributed by atoms with E-state index in [0.29, 0.717) is 0 Å². The maximum absolute atomic E-state index is 13.3. The lowest BCUT2D eigenvalue weighted by atomic mass is 10.2. The molecule has 0 aliphatic rings. The Balaban J connectivity index is 1.96. The van der Waals surface area contributed by atoms with Crippen molar-refractivity contribution in [3.63, 3.8) is 0 Å². The Morgan fingerprint density at radius 2 is 1.76 bits per heavy atom. The van der Waals surface area contributed by atoms with Gasteiger partial charge in [0.05, 0.1) is 13.2 Å². The zero-order valence-electron chi connectivity index (χ0n) is 17.7. The van der Waals surface area contributed by atoms with Gasteiger partial charge in [0.25, 0.3) is 5.56 Å². The number of hydrogen-bond donors (Lipinski definition) is 1. The second-order valence-corrected chi connectivity index (χ2v) is 7.02. The molecule has 0 saturated heterocycles. The third kappa shape index (κ3) is 4.28. The van der Waals surface area contributed by atoms with Crippen LogP contribution in [0.3, 0.4) is 0 Å². The number of hydrogen-bond acceptors (Lipinski definition) is 6. The minimum Gasteiger partial charge on any atom is -0.459 e. The van der Waals surface area contributed by atoms with Crippen molar-refractivity contribution in [2.45, 2.75) is 6.54 Å². The van der Waals surface area contributed by atoms with Crippen LogP contribution in [0.1, 0.15) is 5.56 Å². The summed E-state index contributed by atoms with van der Waals surface area (Å²) < 4.78 is 27.4. The lowest BCUT2D eigenvalue weighted by Gasteiger charge is -2.12. The molecule has 1 N–H and O–H groups in total. The lowest BCUT2D eigenvalue weighted by molar-refractivity contribution is 0.185. The Morgan fingerprint density at radius 3 is 2.45 bits per heavy atom. The second kappa shape index (κ2) is 9.53. The zero-order chi connectivity index (χ0) is 23.4. The summed E-state index contributed by atoms with van der Waals surface area (Å²) in [6.45, 7) is -1.16. The number of aliphatic hydroxyl groups excluding tert-OH is 1. The normalized spacial score (nSPS) is 11.4. The number of rotatable bonds is 8. The van der Waals surface area contributed by atoms with Crippen molar-refractivity contribution in [1.82, 2.24) is 18.7 Å². The molecular formula is C23H21FN4O5. The number of nitrogens with zero attached hydrogens (tertiary/aromatic N) is 4. The van der Waals surface area contributed by atoms with Gasteiger partial charge in [0, 0.05) is 13.2 Å². The first-order valence-electron chi connectivity index (χ1n) is 10.0. The van der Waals surface area contributed by atoms with Crippen molar-refractivity contribution in [3.05, 3.63) is 87.1 Å². The standard InChI is InChI=1S/C23H21FN4O5/c1-26-20-19(21(30)27(23(26)31)12-7-13-29)28(14-16-8-3-2-4-9-16)22(25-20)33-18-11-6-5-10-17(18)32-15-24/h2-12,29H,13-15H2,1H3/b12-7+. The van der Waals surface area contributed by atoms with Gasteiger partial charge in [-0.3, -0.25) is 13.9 Å². The van der Waals surface area contributed by atoms with E-state index in [9.17, 15) is 14.0 Å². The van der Waals surface area contributed by atoms with E-state index in [-0.39, 0.29) is 41.8 Å².